The van der Waals surface area contributed by atoms with Crippen molar-refractivity contribution in [2.75, 3.05) is 6.61 Å². The molecule has 134 valence electrons. The Hall–Kier alpha value is -2.80. The highest BCUT2D eigenvalue weighted by Gasteiger charge is 2.20. The average Bonchev–Trinajstić information content (AvgIpc) is 2.63. The number of fused-ring (bicyclic) bond motifs is 1. The molecule has 0 aliphatic heterocycles. The topological polar surface area (TPSA) is 66.1 Å². The van der Waals surface area contributed by atoms with Crippen molar-refractivity contribution in [1.82, 2.24) is 14.1 Å². The summed E-state index contributed by atoms with van der Waals surface area (Å²) in [5.41, 5.74) is 1.89. The molecule has 2 aromatic heterocycles. The van der Waals surface area contributed by atoms with Gasteiger partial charge in [0, 0.05) is 12.7 Å². The molecule has 1 aromatic carbocycles. The number of aryl methyl sites for hydroxylation is 1. The van der Waals surface area contributed by atoms with Crippen LogP contribution in [-0.4, -0.2) is 26.7 Å². The first-order valence-electron chi connectivity index (χ1n) is 8.26. The van der Waals surface area contributed by atoms with E-state index < -0.39 is 5.97 Å². The van der Waals surface area contributed by atoms with Crippen LogP contribution in [0.2, 0.25) is 0 Å². The van der Waals surface area contributed by atoms with Crippen LogP contribution >= 0.6 is 12.2 Å². The van der Waals surface area contributed by atoms with Gasteiger partial charge in [-0.1, -0.05) is 30.3 Å². The van der Waals surface area contributed by atoms with Crippen LogP contribution in [0.25, 0.3) is 11.0 Å². The fourth-order valence-corrected chi connectivity index (χ4v) is 3.10. The van der Waals surface area contributed by atoms with E-state index in [1.54, 1.807) is 31.5 Å². The predicted octanol–water partition coefficient (Wildman–Crippen LogP) is 3.00. The lowest BCUT2D eigenvalue weighted by atomic mass is 10.1. The molecule has 6 nitrogen and oxygen atoms in total. The molecule has 0 atom stereocenters. The van der Waals surface area contributed by atoms with Crippen LogP contribution in [0.4, 0.5) is 0 Å². The Morgan fingerprint density at radius 2 is 1.96 bits per heavy atom. The van der Waals surface area contributed by atoms with Crippen molar-refractivity contribution in [3.05, 3.63) is 68.3 Å². The fraction of sp³-hybridized carbons (Fsp3) is 0.263. The first-order chi connectivity index (χ1) is 12.4. The minimum Gasteiger partial charge on any atom is -0.462 e. The van der Waals surface area contributed by atoms with E-state index in [9.17, 15) is 9.59 Å². The molecule has 0 aliphatic carbocycles. The molecule has 0 bridgehead atoms. The van der Waals surface area contributed by atoms with Gasteiger partial charge in [-0.3, -0.25) is 13.9 Å². The predicted molar refractivity (Wildman–Crippen MR) is 102 cm³/mol. The van der Waals surface area contributed by atoms with Crippen LogP contribution in [0, 0.1) is 11.7 Å². The highest BCUT2D eigenvalue weighted by Crippen LogP contribution is 2.18. The number of aromatic nitrogens is 3. The maximum absolute atomic E-state index is 12.8. The van der Waals surface area contributed by atoms with Crippen molar-refractivity contribution in [3.63, 3.8) is 0 Å². The standard InChI is InChI=1S/C19H19N3O3S/c1-4-25-18(24)14-10-12(2)20-16-15(14)17(23)21(3)19(26)22(16)11-13-8-6-5-7-9-13/h5-10H,4,11H2,1-3H3. The molecule has 3 aromatic rings. The zero-order valence-electron chi connectivity index (χ0n) is 14.9. The number of hydrogen-bond acceptors (Lipinski definition) is 5. The summed E-state index contributed by atoms with van der Waals surface area (Å²) in [6.07, 6.45) is 0. The minimum absolute atomic E-state index is 0.215. The first-order valence-corrected chi connectivity index (χ1v) is 8.67. The van der Waals surface area contributed by atoms with Crippen molar-refractivity contribution in [3.8, 4) is 0 Å². The van der Waals surface area contributed by atoms with Gasteiger partial charge in [0.1, 0.15) is 5.65 Å². The third-order valence-electron chi connectivity index (χ3n) is 4.10. The Labute approximate surface area is 155 Å². The Balaban J connectivity index is 2.37. The van der Waals surface area contributed by atoms with Crippen LogP contribution in [0.1, 0.15) is 28.5 Å². The average molecular weight is 369 g/mol. The summed E-state index contributed by atoms with van der Waals surface area (Å²) in [5, 5.41) is 0.223. The van der Waals surface area contributed by atoms with Crippen molar-refractivity contribution in [1.29, 1.82) is 0 Å². The molecule has 26 heavy (non-hydrogen) atoms. The summed E-state index contributed by atoms with van der Waals surface area (Å²) >= 11 is 5.48. The normalized spacial score (nSPS) is 10.9. The maximum atomic E-state index is 12.8. The van der Waals surface area contributed by atoms with Gasteiger partial charge in [0.25, 0.3) is 5.56 Å². The molecular weight excluding hydrogens is 350 g/mol. The van der Waals surface area contributed by atoms with Crippen LogP contribution in [0.3, 0.4) is 0 Å². The number of hydrogen-bond donors (Lipinski definition) is 0. The highest BCUT2D eigenvalue weighted by atomic mass is 32.1. The summed E-state index contributed by atoms with van der Waals surface area (Å²) in [7, 11) is 1.60. The number of ether oxygens (including phenoxy) is 1. The molecule has 0 fully saturated rings. The van der Waals surface area contributed by atoms with Gasteiger partial charge in [0.15, 0.2) is 4.77 Å². The first kappa shape index (κ1) is 18.0. The molecule has 0 aliphatic rings. The van der Waals surface area contributed by atoms with E-state index >= 15 is 0 Å². The molecular formula is C19H19N3O3S. The largest absolute Gasteiger partial charge is 0.462 e. The molecule has 0 amide bonds. The fourth-order valence-electron chi connectivity index (χ4n) is 2.87. The Morgan fingerprint density at radius 1 is 1.27 bits per heavy atom. The molecule has 2 heterocycles. The second-order valence-electron chi connectivity index (χ2n) is 5.95. The lowest BCUT2D eigenvalue weighted by Crippen LogP contribution is -2.26. The van der Waals surface area contributed by atoms with Gasteiger partial charge >= 0.3 is 5.97 Å². The molecule has 0 saturated carbocycles. The third-order valence-corrected chi connectivity index (χ3v) is 4.59. The lowest BCUT2D eigenvalue weighted by molar-refractivity contribution is 0.0528. The highest BCUT2D eigenvalue weighted by molar-refractivity contribution is 7.71. The van der Waals surface area contributed by atoms with Crippen molar-refractivity contribution >= 4 is 29.2 Å². The number of nitrogens with zero attached hydrogens (tertiary/aromatic N) is 3. The SMILES string of the molecule is CCOC(=O)c1cc(C)nc2c1c(=O)n(C)c(=S)n2Cc1ccccc1. The summed E-state index contributed by atoms with van der Waals surface area (Å²) in [6, 6.07) is 11.3. The van der Waals surface area contributed by atoms with E-state index in [0.717, 1.165) is 5.56 Å². The number of esters is 1. The molecule has 0 saturated heterocycles. The van der Waals surface area contributed by atoms with Crippen LogP contribution in [0.15, 0.2) is 41.2 Å². The van der Waals surface area contributed by atoms with Crippen LogP contribution < -0.4 is 5.56 Å². The Kier molecular flexibility index (Phi) is 4.99. The number of benzene rings is 1. The van der Waals surface area contributed by atoms with Crippen molar-refractivity contribution in [2.24, 2.45) is 7.05 Å². The maximum Gasteiger partial charge on any atom is 0.339 e. The molecule has 0 radical (unpaired) electrons. The number of carbonyl (C=O) groups is 1. The van der Waals surface area contributed by atoms with E-state index in [-0.39, 0.29) is 23.1 Å². The smallest absolute Gasteiger partial charge is 0.339 e. The lowest BCUT2D eigenvalue weighted by Gasteiger charge is -2.15. The van der Waals surface area contributed by atoms with Crippen molar-refractivity contribution in [2.45, 2.75) is 20.4 Å². The molecule has 0 spiro atoms. The summed E-state index contributed by atoms with van der Waals surface area (Å²) in [6.45, 7) is 4.17. The van der Waals surface area contributed by atoms with Crippen LogP contribution in [-0.2, 0) is 18.3 Å². The molecule has 3 rings (SSSR count). The monoisotopic (exact) mass is 369 g/mol. The van der Waals surface area contributed by atoms with Gasteiger partial charge in [-0.15, -0.1) is 0 Å². The summed E-state index contributed by atoms with van der Waals surface area (Å²) in [4.78, 5) is 29.7. The van der Waals surface area contributed by atoms with E-state index in [2.05, 4.69) is 4.98 Å². The second kappa shape index (κ2) is 7.21. The summed E-state index contributed by atoms with van der Waals surface area (Å²) in [5.74, 6) is -0.538. The van der Waals surface area contributed by atoms with E-state index in [1.807, 2.05) is 30.3 Å². The minimum atomic E-state index is -0.538. The van der Waals surface area contributed by atoms with Gasteiger partial charge in [-0.25, -0.2) is 9.78 Å². The molecule has 7 heteroatoms. The number of carbonyl (C=O) groups excluding carboxylic acids is 1. The third kappa shape index (κ3) is 3.17. The summed E-state index contributed by atoms with van der Waals surface area (Å²) < 4.78 is 8.61. The Morgan fingerprint density at radius 3 is 2.62 bits per heavy atom. The second-order valence-corrected chi connectivity index (χ2v) is 6.31. The van der Waals surface area contributed by atoms with Gasteiger partial charge in [0.05, 0.1) is 24.1 Å². The van der Waals surface area contributed by atoms with E-state index in [1.165, 1.54) is 4.57 Å². The molecule has 0 N–H and O–H groups in total. The zero-order valence-corrected chi connectivity index (χ0v) is 15.7. The van der Waals surface area contributed by atoms with Gasteiger partial charge in [-0.2, -0.15) is 0 Å². The van der Waals surface area contributed by atoms with Crippen LogP contribution in [0.5, 0.6) is 0 Å². The van der Waals surface area contributed by atoms with E-state index in [0.29, 0.717) is 22.7 Å². The quantitative estimate of drug-likeness (QED) is 0.522. The number of rotatable bonds is 4. The van der Waals surface area contributed by atoms with Gasteiger partial charge < -0.3 is 4.74 Å². The van der Waals surface area contributed by atoms with E-state index in [4.69, 9.17) is 17.0 Å². The zero-order chi connectivity index (χ0) is 18.8. The van der Waals surface area contributed by atoms with Crippen molar-refractivity contribution < 1.29 is 9.53 Å². The molecule has 0 unspecified atom stereocenters. The van der Waals surface area contributed by atoms with Gasteiger partial charge in [0.2, 0.25) is 0 Å². The van der Waals surface area contributed by atoms with Gasteiger partial charge in [-0.05, 0) is 37.7 Å². The Bertz CT molecular complexity index is 1100. The number of pyridine rings is 1.